The van der Waals surface area contributed by atoms with Gasteiger partial charge in [0.15, 0.2) is 13.0 Å². The second-order valence-corrected chi connectivity index (χ2v) is 7.17. The summed E-state index contributed by atoms with van der Waals surface area (Å²) in [5.41, 5.74) is 5.89. The molecule has 0 aliphatic carbocycles. The van der Waals surface area contributed by atoms with Gasteiger partial charge in [-0.3, -0.25) is 4.79 Å². The predicted molar refractivity (Wildman–Crippen MR) is 105 cm³/mol. The Bertz CT molecular complexity index is 1210. The van der Waals surface area contributed by atoms with E-state index in [9.17, 15) is 20.4 Å². The van der Waals surface area contributed by atoms with Crippen molar-refractivity contribution in [1.82, 2.24) is 10.3 Å². The first-order valence-corrected chi connectivity index (χ1v) is 9.58. The van der Waals surface area contributed by atoms with Crippen molar-refractivity contribution in [2.24, 2.45) is 7.05 Å². The minimum Gasteiger partial charge on any atom is -0.539 e. The van der Waals surface area contributed by atoms with Crippen LogP contribution in [0, 0.1) is 22.7 Å². The molecule has 0 radical (unpaired) electrons. The van der Waals surface area contributed by atoms with Gasteiger partial charge in [0.1, 0.15) is 28.5 Å². The third-order valence-electron chi connectivity index (χ3n) is 3.90. The zero-order chi connectivity index (χ0) is 21.8. The Labute approximate surface area is 179 Å². The van der Waals surface area contributed by atoms with E-state index in [0.717, 1.165) is 16.4 Å². The van der Waals surface area contributed by atoms with Crippen LogP contribution in [0.4, 0.5) is 11.5 Å². The maximum Gasteiger partial charge on any atom is 0.266 e. The summed E-state index contributed by atoms with van der Waals surface area (Å²) in [7, 11) is 1.42. The topological polar surface area (TPSA) is 169 Å². The molecule has 3 N–H and O–H groups in total. The summed E-state index contributed by atoms with van der Waals surface area (Å²) in [6.45, 7) is 0. The molecule has 10 nitrogen and oxygen atoms in total. The number of anilines is 2. The number of thioether (sulfide) groups is 1. The SMILES string of the molecule is C[n+]1noc([O-])c1-c1c(C#N)c(N)nc(SCC(=O)Nc2ccccc2Cl)c1C#N. The molecule has 0 unspecified atom stereocenters. The quantitative estimate of drug-likeness (QED) is 0.438. The fourth-order valence-electron chi connectivity index (χ4n) is 2.60. The van der Waals surface area contributed by atoms with Gasteiger partial charge in [-0.15, -0.1) is 0 Å². The molecule has 2 aromatic heterocycles. The molecule has 1 amide bonds. The van der Waals surface area contributed by atoms with Crippen LogP contribution in [0.5, 0.6) is 5.95 Å². The summed E-state index contributed by atoms with van der Waals surface area (Å²) in [5, 5.41) is 37.9. The van der Waals surface area contributed by atoms with Crippen molar-refractivity contribution in [3.8, 4) is 29.3 Å². The number of carbonyl (C=O) groups is 1. The van der Waals surface area contributed by atoms with Crippen molar-refractivity contribution in [1.29, 1.82) is 10.5 Å². The molecular weight excluding hydrogens is 430 g/mol. The Morgan fingerprint density at radius 2 is 2.07 bits per heavy atom. The normalized spacial score (nSPS) is 10.3. The maximum atomic E-state index is 12.3. The van der Waals surface area contributed by atoms with Crippen molar-refractivity contribution in [2.75, 3.05) is 16.8 Å². The molecule has 12 heteroatoms. The zero-order valence-electron chi connectivity index (χ0n) is 15.3. The summed E-state index contributed by atoms with van der Waals surface area (Å²) < 4.78 is 5.69. The number of amides is 1. The highest BCUT2D eigenvalue weighted by molar-refractivity contribution is 8.00. The van der Waals surface area contributed by atoms with Crippen molar-refractivity contribution < 1.29 is 19.1 Å². The van der Waals surface area contributed by atoms with E-state index in [-0.39, 0.29) is 39.0 Å². The number of carbonyl (C=O) groups excluding carboxylic acids is 1. The van der Waals surface area contributed by atoms with Crippen LogP contribution in [-0.4, -0.2) is 21.9 Å². The monoisotopic (exact) mass is 441 g/mol. The van der Waals surface area contributed by atoms with E-state index >= 15 is 0 Å². The number of para-hydroxylation sites is 1. The number of nitrogens with two attached hydrogens (primary N) is 1. The van der Waals surface area contributed by atoms with Gasteiger partial charge in [-0.1, -0.05) is 40.2 Å². The summed E-state index contributed by atoms with van der Waals surface area (Å²) in [6.07, 6.45) is 0. The Morgan fingerprint density at radius 1 is 1.37 bits per heavy atom. The zero-order valence-corrected chi connectivity index (χ0v) is 16.9. The molecule has 2 heterocycles. The average Bonchev–Trinajstić information content (AvgIpc) is 3.05. The maximum absolute atomic E-state index is 12.3. The fraction of sp³-hybridized carbons (Fsp3) is 0.111. The number of hydrogen-bond acceptors (Lipinski definition) is 9. The van der Waals surface area contributed by atoms with Crippen LogP contribution in [-0.2, 0) is 11.8 Å². The molecule has 30 heavy (non-hydrogen) atoms. The van der Waals surface area contributed by atoms with E-state index in [0.29, 0.717) is 10.7 Å². The van der Waals surface area contributed by atoms with Crippen molar-refractivity contribution >= 4 is 40.8 Å². The van der Waals surface area contributed by atoms with Crippen LogP contribution >= 0.6 is 23.4 Å². The Morgan fingerprint density at radius 3 is 2.67 bits per heavy atom. The lowest BCUT2D eigenvalue weighted by atomic mass is 10.0. The van der Waals surface area contributed by atoms with E-state index in [2.05, 4.69) is 20.1 Å². The first-order valence-electron chi connectivity index (χ1n) is 8.21. The van der Waals surface area contributed by atoms with E-state index in [1.807, 2.05) is 12.1 Å². The van der Waals surface area contributed by atoms with E-state index in [1.165, 1.54) is 7.05 Å². The number of nitrogen functional groups attached to an aromatic ring is 1. The van der Waals surface area contributed by atoms with Crippen LogP contribution in [0.15, 0.2) is 33.8 Å². The van der Waals surface area contributed by atoms with Crippen molar-refractivity contribution in [3.05, 3.63) is 40.4 Å². The van der Waals surface area contributed by atoms with Crippen molar-refractivity contribution in [2.45, 2.75) is 5.03 Å². The number of nitriles is 2. The number of halogens is 1. The number of aryl methyl sites for hydroxylation is 1. The highest BCUT2D eigenvalue weighted by atomic mass is 35.5. The van der Waals surface area contributed by atoms with Gasteiger partial charge in [0.2, 0.25) is 5.91 Å². The van der Waals surface area contributed by atoms with Gasteiger partial charge in [0.05, 0.1) is 32.9 Å². The Hall–Kier alpha value is -3.80. The van der Waals surface area contributed by atoms with Gasteiger partial charge in [-0.25, -0.2) is 4.98 Å². The molecule has 3 rings (SSSR count). The Balaban J connectivity index is 1.97. The van der Waals surface area contributed by atoms with Gasteiger partial charge in [0.25, 0.3) is 5.69 Å². The lowest BCUT2D eigenvalue weighted by Crippen LogP contribution is -2.32. The third-order valence-corrected chi connectivity index (χ3v) is 5.21. The number of aromatic nitrogens is 3. The van der Waals surface area contributed by atoms with E-state index in [4.69, 9.17) is 17.3 Å². The summed E-state index contributed by atoms with van der Waals surface area (Å²) >= 11 is 6.94. The van der Waals surface area contributed by atoms with Crippen LogP contribution in [0.25, 0.3) is 11.3 Å². The molecule has 0 atom stereocenters. The minimum atomic E-state index is -0.844. The molecule has 0 bridgehead atoms. The minimum absolute atomic E-state index is 0.0461. The first-order chi connectivity index (χ1) is 14.4. The number of benzene rings is 1. The predicted octanol–water partition coefficient (Wildman–Crippen LogP) is 1.34. The van der Waals surface area contributed by atoms with E-state index < -0.39 is 11.9 Å². The second kappa shape index (κ2) is 8.69. The molecule has 0 saturated heterocycles. The summed E-state index contributed by atoms with van der Waals surface area (Å²) in [4.78, 5) is 16.4. The standard InChI is InChI=1S/C18H12ClN7O3S/c1-26-15(18(28)29-25-26)14-9(6-20)16(22)24-17(10(14)7-21)30-8-13(27)23-12-5-3-2-4-11(12)19/h2-5H,8H2,1H3,(H3-,22,23,24,25,27,28). The van der Waals surface area contributed by atoms with E-state index in [1.54, 1.807) is 24.3 Å². The fourth-order valence-corrected chi connectivity index (χ4v) is 3.58. The first kappa shape index (κ1) is 20.9. The third kappa shape index (κ3) is 3.98. The molecule has 0 spiro atoms. The lowest BCUT2D eigenvalue weighted by Gasteiger charge is -2.11. The van der Waals surface area contributed by atoms with Crippen LogP contribution in [0.1, 0.15) is 11.1 Å². The molecular formula is C18H12ClN7O3S. The molecule has 0 fully saturated rings. The van der Waals surface area contributed by atoms with Gasteiger partial charge in [0, 0.05) is 0 Å². The molecule has 0 saturated carbocycles. The smallest absolute Gasteiger partial charge is 0.266 e. The number of pyridine rings is 1. The molecule has 3 aromatic rings. The highest BCUT2D eigenvalue weighted by Gasteiger charge is 2.29. The number of rotatable bonds is 5. The average molecular weight is 442 g/mol. The van der Waals surface area contributed by atoms with Crippen LogP contribution < -0.4 is 20.8 Å². The van der Waals surface area contributed by atoms with Gasteiger partial charge < -0.3 is 20.7 Å². The highest BCUT2D eigenvalue weighted by Crippen LogP contribution is 2.36. The number of hydrogen-bond donors (Lipinski definition) is 2. The number of nitrogens with zero attached hydrogens (tertiary/aromatic N) is 5. The van der Waals surface area contributed by atoms with Crippen LogP contribution in [0.2, 0.25) is 5.02 Å². The summed E-state index contributed by atoms with van der Waals surface area (Å²) in [5.74, 6) is -1.56. The molecule has 0 aliphatic rings. The molecule has 150 valence electrons. The van der Waals surface area contributed by atoms with Gasteiger partial charge >= 0.3 is 0 Å². The summed E-state index contributed by atoms with van der Waals surface area (Å²) in [6, 6.07) is 10.5. The largest absolute Gasteiger partial charge is 0.539 e. The number of nitrogens with one attached hydrogen (secondary N) is 1. The van der Waals surface area contributed by atoms with Crippen molar-refractivity contribution in [3.63, 3.8) is 0 Å². The Kier molecular flexibility index (Phi) is 6.06. The second-order valence-electron chi connectivity index (χ2n) is 5.80. The van der Waals surface area contributed by atoms with Gasteiger partial charge in [-0.2, -0.15) is 10.5 Å². The van der Waals surface area contributed by atoms with Crippen LogP contribution in [0.3, 0.4) is 0 Å². The lowest BCUT2D eigenvalue weighted by molar-refractivity contribution is -0.730. The molecule has 0 aliphatic heterocycles. The molecule has 1 aromatic carbocycles. The van der Waals surface area contributed by atoms with Gasteiger partial charge in [-0.05, 0) is 12.1 Å².